The van der Waals surface area contributed by atoms with Crippen LogP contribution >= 0.6 is 24.8 Å². The van der Waals surface area contributed by atoms with E-state index in [2.05, 4.69) is 20.2 Å². The summed E-state index contributed by atoms with van der Waals surface area (Å²) in [5.74, 6) is -0.603. The molecular formula is C21H27Cl2N5O2. The number of carbonyl (C=O) groups excluding carboxylic acids is 2. The second-order valence-electron chi connectivity index (χ2n) is 7.09. The van der Waals surface area contributed by atoms with Crippen LogP contribution in [0.1, 0.15) is 19.4 Å². The van der Waals surface area contributed by atoms with Crippen LogP contribution in [0.5, 0.6) is 0 Å². The summed E-state index contributed by atoms with van der Waals surface area (Å²) in [7, 11) is 0. The number of anilines is 1. The van der Waals surface area contributed by atoms with Crippen molar-refractivity contribution in [3.8, 4) is 0 Å². The third kappa shape index (κ3) is 6.45. The predicted molar refractivity (Wildman–Crippen MR) is 124 cm³/mol. The zero-order valence-corrected chi connectivity index (χ0v) is 18.5. The number of rotatable bonds is 7. The Bertz CT molecular complexity index is 973. The predicted octanol–water partition coefficient (Wildman–Crippen LogP) is 2.97. The van der Waals surface area contributed by atoms with Gasteiger partial charge < -0.3 is 20.9 Å². The highest BCUT2D eigenvalue weighted by Gasteiger charge is 2.17. The van der Waals surface area contributed by atoms with E-state index >= 15 is 0 Å². The molecule has 0 aliphatic heterocycles. The van der Waals surface area contributed by atoms with Crippen molar-refractivity contribution in [3.63, 3.8) is 0 Å². The Kier molecular flexibility index (Phi) is 9.78. The molecule has 1 heterocycles. The Labute approximate surface area is 188 Å². The first-order chi connectivity index (χ1) is 13.4. The molecule has 0 aliphatic carbocycles. The average molecular weight is 452 g/mol. The molecule has 4 N–H and O–H groups in total. The highest BCUT2D eigenvalue weighted by atomic mass is 35.5. The molecule has 30 heavy (non-hydrogen) atoms. The lowest BCUT2D eigenvalue weighted by Crippen LogP contribution is -2.46. The molecule has 0 aliphatic rings. The second-order valence-corrected chi connectivity index (χ2v) is 7.09. The fourth-order valence-electron chi connectivity index (χ4n) is 2.82. The monoisotopic (exact) mass is 451 g/mol. The Balaban J connectivity index is 0.00000225. The number of para-hydroxylation sites is 2. The van der Waals surface area contributed by atoms with Gasteiger partial charge in [0.05, 0.1) is 29.9 Å². The van der Waals surface area contributed by atoms with Gasteiger partial charge in [-0.05, 0) is 35.7 Å². The summed E-state index contributed by atoms with van der Waals surface area (Å²) in [6.07, 6.45) is 1.82. The SMILES string of the molecule is CC(C)[C@H](N)C(=O)NCC(=O)Nc1ccc(Cn2cnc3ccccc32)cc1.Cl.Cl. The number of nitrogens with zero attached hydrogens (tertiary/aromatic N) is 2. The molecule has 0 fully saturated rings. The normalized spacial score (nSPS) is 11.3. The van der Waals surface area contributed by atoms with Gasteiger partial charge in [0.15, 0.2) is 0 Å². The lowest BCUT2D eigenvalue weighted by molar-refractivity contribution is -0.125. The summed E-state index contributed by atoms with van der Waals surface area (Å²) >= 11 is 0. The molecule has 1 aromatic heterocycles. The van der Waals surface area contributed by atoms with Crippen LogP contribution in [-0.4, -0.2) is 34.0 Å². The highest BCUT2D eigenvalue weighted by molar-refractivity contribution is 5.95. The van der Waals surface area contributed by atoms with Gasteiger partial charge in [-0.25, -0.2) is 4.98 Å². The molecule has 0 radical (unpaired) electrons. The summed E-state index contributed by atoms with van der Waals surface area (Å²) in [5, 5.41) is 5.32. The number of amides is 2. The molecule has 3 aromatic rings. The van der Waals surface area contributed by atoms with Gasteiger partial charge in [0, 0.05) is 12.2 Å². The highest BCUT2D eigenvalue weighted by Crippen LogP contribution is 2.15. The van der Waals surface area contributed by atoms with E-state index < -0.39 is 6.04 Å². The van der Waals surface area contributed by atoms with Crippen LogP contribution in [0.4, 0.5) is 5.69 Å². The average Bonchev–Trinajstić information content (AvgIpc) is 3.10. The summed E-state index contributed by atoms with van der Waals surface area (Å²) in [4.78, 5) is 28.2. The zero-order valence-electron chi connectivity index (χ0n) is 16.9. The molecule has 0 spiro atoms. The van der Waals surface area contributed by atoms with Gasteiger partial charge in [0.1, 0.15) is 0 Å². The van der Waals surface area contributed by atoms with Crippen LogP contribution in [0, 0.1) is 5.92 Å². The van der Waals surface area contributed by atoms with Crippen molar-refractivity contribution >= 4 is 53.3 Å². The van der Waals surface area contributed by atoms with E-state index in [0.717, 1.165) is 16.6 Å². The lowest BCUT2D eigenvalue weighted by Gasteiger charge is -2.15. The largest absolute Gasteiger partial charge is 0.346 e. The first kappa shape index (κ1) is 25.4. The number of aromatic nitrogens is 2. The number of hydrogen-bond acceptors (Lipinski definition) is 4. The number of fused-ring (bicyclic) bond motifs is 1. The van der Waals surface area contributed by atoms with Crippen molar-refractivity contribution in [1.82, 2.24) is 14.9 Å². The second kappa shape index (κ2) is 11.5. The summed E-state index contributed by atoms with van der Waals surface area (Å²) in [6, 6.07) is 15.0. The first-order valence-corrected chi connectivity index (χ1v) is 9.26. The summed E-state index contributed by atoms with van der Waals surface area (Å²) < 4.78 is 2.08. The minimum absolute atomic E-state index is 0. The number of nitrogens with one attached hydrogen (secondary N) is 2. The van der Waals surface area contributed by atoms with Gasteiger partial charge in [-0.1, -0.05) is 38.1 Å². The summed E-state index contributed by atoms with van der Waals surface area (Å²) in [5.41, 5.74) is 9.57. The maximum Gasteiger partial charge on any atom is 0.243 e. The van der Waals surface area contributed by atoms with Crippen molar-refractivity contribution in [3.05, 3.63) is 60.4 Å². The fourth-order valence-corrected chi connectivity index (χ4v) is 2.82. The van der Waals surface area contributed by atoms with E-state index in [9.17, 15) is 9.59 Å². The van der Waals surface area contributed by atoms with Crippen molar-refractivity contribution in [2.24, 2.45) is 11.7 Å². The third-order valence-corrected chi connectivity index (χ3v) is 4.56. The van der Waals surface area contributed by atoms with Crippen LogP contribution in [-0.2, 0) is 16.1 Å². The van der Waals surface area contributed by atoms with Crippen molar-refractivity contribution in [1.29, 1.82) is 0 Å². The molecule has 2 aromatic carbocycles. The third-order valence-electron chi connectivity index (χ3n) is 4.56. The fraction of sp³-hybridized carbons (Fsp3) is 0.286. The Morgan fingerprint density at radius 1 is 1.07 bits per heavy atom. The number of benzene rings is 2. The summed E-state index contributed by atoms with van der Waals surface area (Å²) in [6.45, 7) is 4.30. The van der Waals surface area contributed by atoms with Crippen molar-refractivity contribution in [2.45, 2.75) is 26.4 Å². The number of halogens is 2. The number of nitrogens with two attached hydrogens (primary N) is 1. The van der Waals surface area contributed by atoms with Gasteiger partial charge in [0.25, 0.3) is 0 Å². The van der Waals surface area contributed by atoms with Gasteiger partial charge in [-0.2, -0.15) is 0 Å². The molecule has 0 unspecified atom stereocenters. The van der Waals surface area contributed by atoms with Crippen LogP contribution in [0.3, 0.4) is 0 Å². The van der Waals surface area contributed by atoms with Crippen molar-refractivity contribution in [2.75, 3.05) is 11.9 Å². The standard InChI is InChI=1S/C21H25N5O2.2ClH/c1-14(2)20(22)21(28)23-11-19(27)25-16-9-7-15(8-10-16)12-26-13-24-17-5-3-4-6-18(17)26;;/h3-10,13-14,20H,11-12,22H2,1-2H3,(H,23,28)(H,25,27);2*1H/t20-;;/m0../s1. The Morgan fingerprint density at radius 2 is 1.73 bits per heavy atom. The molecule has 2 amide bonds. The quantitative estimate of drug-likeness (QED) is 0.513. The van der Waals surface area contributed by atoms with Crippen LogP contribution in [0.15, 0.2) is 54.9 Å². The Hall–Kier alpha value is -2.61. The molecule has 1 atom stereocenters. The molecule has 162 valence electrons. The minimum Gasteiger partial charge on any atom is -0.346 e. The smallest absolute Gasteiger partial charge is 0.243 e. The maximum absolute atomic E-state index is 12.0. The molecule has 0 saturated carbocycles. The molecule has 0 saturated heterocycles. The number of carbonyl (C=O) groups is 2. The topological polar surface area (TPSA) is 102 Å². The molecule has 0 bridgehead atoms. The zero-order chi connectivity index (χ0) is 20.1. The molecule has 9 heteroatoms. The van der Waals surface area contributed by atoms with Gasteiger partial charge >= 0.3 is 0 Å². The maximum atomic E-state index is 12.0. The minimum atomic E-state index is -0.619. The van der Waals surface area contributed by atoms with Crippen LogP contribution < -0.4 is 16.4 Å². The molecule has 3 rings (SSSR count). The van der Waals surface area contributed by atoms with Gasteiger partial charge in [-0.15, -0.1) is 24.8 Å². The molecule has 7 nitrogen and oxygen atoms in total. The van der Waals surface area contributed by atoms with E-state index in [0.29, 0.717) is 12.2 Å². The molecular weight excluding hydrogens is 425 g/mol. The van der Waals surface area contributed by atoms with E-state index in [4.69, 9.17) is 5.73 Å². The Morgan fingerprint density at radius 3 is 2.40 bits per heavy atom. The lowest BCUT2D eigenvalue weighted by atomic mass is 10.1. The van der Waals surface area contributed by atoms with Crippen LogP contribution in [0.2, 0.25) is 0 Å². The van der Waals surface area contributed by atoms with Crippen molar-refractivity contribution < 1.29 is 9.59 Å². The number of imidazole rings is 1. The number of hydrogen-bond donors (Lipinski definition) is 3. The first-order valence-electron chi connectivity index (χ1n) is 9.26. The van der Waals surface area contributed by atoms with Gasteiger partial charge in [-0.3, -0.25) is 9.59 Å². The van der Waals surface area contributed by atoms with E-state index in [1.54, 1.807) is 0 Å². The van der Waals surface area contributed by atoms with E-state index in [1.807, 2.05) is 68.7 Å². The van der Waals surface area contributed by atoms with Gasteiger partial charge in [0.2, 0.25) is 11.8 Å². The van der Waals surface area contributed by atoms with E-state index in [1.165, 1.54) is 0 Å². The van der Waals surface area contributed by atoms with Crippen LogP contribution in [0.25, 0.3) is 11.0 Å². The van der Waals surface area contributed by atoms with E-state index in [-0.39, 0.29) is 49.1 Å².